The second-order valence-corrected chi connectivity index (χ2v) is 7.69. The van der Waals surface area contributed by atoms with Crippen LogP contribution in [0.25, 0.3) is 11.0 Å². The number of hydrogen-bond acceptors (Lipinski definition) is 4. The number of aromatic nitrogens is 2. The van der Waals surface area contributed by atoms with E-state index in [0.29, 0.717) is 24.4 Å². The molecule has 7 heteroatoms. The van der Waals surface area contributed by atoms with Crippen LogP contribution in [-0.4, -0.2) is 48.1 Å². The summed E-state index contributed by atoms with van der Waals surface area (Å²) in [7, 11) is -3.26. The van der Waals surface area contributed by atoms with Crippen molar-refractivity contribution in [3.63, 3.8) is 0 Å². The second kappa shape index (κ2) is 7.44. The van der Waals surface area contributed by atoms with E-state index in [9.17, 15) is 13.2 Å². The Hall–Kier alpha value is -2.41. The van der Waals surface area contributed by atoms with E-state index in [0.717, 1.165) is 11.8 Å². The number of sulfone groups is 1. The molecule has 0 bridgehead atoms. The van der Waals surface area contributed by atoms with Crippen molar-refractivity contribution >= 4 is 26.8 Å². The maximum Gasteiger partial charge on any atom is 0.243 e. The normalized spacial score (nSPS) is 11.4. The van der Waals surface area contributed by atoms with Gasteiger partial charge in [0.05, 0.1) is 11.0 Å². The first-order valence-electron chi connectivity index (χ1n) is 7.47. The molecule has 1 amide bonds. The molecule has 0 N–H and O–H groups in total. The SMILES string of the molecule is C=CCN(CC=C)C(=O)Cn1c(CS(C)(=O)=O)nc2ccccc21. The van der Waals surface area contributed by atoms with Crippen molar-refractivity contribution in [2.45, 2.75) is 12.3 Å². The Balaban J connectivity index is 2.41. The van der Waals surface area contributed by atoms with E-state index in [1.165, 1.54) is 0 Å². The maximum atomic E-state index is 12.6. The standard InChI is InChI=1S/C17H21N3O3S/c1-4-10-19(11-5-2)17(21)12-20-15-9-7-6-8-14(15)18-16(20)13-24(3,22)23/h4-9H,1-2,10-13H2,3H3. The Morgan fingerprint density at radius 2 is 1.88 bits per heavy atom. The molecule has 1 heterocycles. The summed E-state index contributed by atoms with van der Waals surface area (Å²) < 4.78 is 25.0. The van der Waals surface area contributed by atoms with Crippen LogP contribution < -0.4 is 0 Å². The lowest BCUT2D eigenvalue weighted by atomic mass is 10.3. The molecule has 1 aromatic carbocycles. The molecule has 2 aromatic rings. The fourth-order valence-electron chi connectivity index (χ4n) is 2.47. The van der Waals surface area contributed by atoms with Gasteiger partial charge in [0.25, 0.3) is 0 Å². The molecule has 0 aliphatic rings. The third-order valence-electron chi connectivity index (χ3n) is 3.47. The average molecular weight is 347 g/mol. The van der Waals surface area contributed by atoms with Gasteiger partial charge in [-0.2, -0.15) is 0 Å². The van der Waals surface area contributed by atoms with E-state index in [4.69, 9.17) is 0 Å². The number of benzene rings is 1. The molecule has 0 saturated carbocycles. The van der Waals surface area contributed by atoms with Crippen LogP contribution in [0.15, 0.2) is 49.6 Å². The molecular formula is C17H21N3O3S. The van der Waals surface area contributed by atoms with E-state index in [-0.39, 0.29) is 18.2 Å². The van der Waals surface area contributed by atoms with Gasteiger partial charge in [0.15, 0.2) is 9.84 Å². The van der Waals surface area contributed by atoms with Crippen LogP contribution >= 0.6 is 0 Å². The van der Waals surface area contributed by atoms with Gasteiger partial charge in [-0.1, -0.05) is 24.3 Å². The fourth-order valence-corrected chi connectivity index (χ4v) is 3.16. The predicted molar refractivity (Wildman–Crippen MR) is 95.3 cm³/mol. The van der Waals surface area contributed by atoms with Gasteiger partial charge in [-0.3, -0.25) is 4.79 Å². The maximum absolute atomic E-state index is 12.6. The number of amides is 1. The Labute approximate surface area is 142 Å². The number of fused-ring (bicyclic) bond motifs is 1. The van der Waals surface area contributed by atoms with Gasteiger partial charge in [0, 0.05) is 19.3 Å². The summed E-state index contributed by atoms with van der Waals surface area (Å²) >= 11 is 0. The largest absolute Gasteiger partial charge is 0.334 e. The number of rotatable bonds is 8. The van der Waals surface area contributed by atoms with Gasteiger partial charge < -0.3 is 9.47 Å². The highest BCUT2D eigenvalue weighted by Crippen LogP contribution is 2.18. The molecule has 0 aliphatic carbocycles. The minimum absolute atomic E-state index is 0.0209. The molecule has 0 fully saturated rings. The highest BCUT2D eigenvalue weighted by molar-refractivity contribution is 7.89. The summed E-state index contributed by atoms with van der Waals surface area (Å²) in [4.78, 5) is 18.6. The molecule has 2 rings (SSSR count). The zero-order valence-electron chi connectivity index (χ0n) is 13.7. The minimum Gasteiger partial charge on any atom is -0.334 e. The van der Waals surface area contributed by atoms with Crippen molar-refractivity contribution in [3.8, 4) is 0 Å². The zero-order valence-corrected chi connectivity index (χ0v) is 14.5. The van der Waals surface area contributed by atoms with E-state index < -0.39 is 9.84 Å². The van der Waals surface area contributed by atoms with Crippen LogP contribution in [0, 0.1) is 0 Å². The molecule has 128 valence electrons. The van der Waals surface area contributed by atoms with Crippen LogP contribution in [0.5, 0.6) is 0 Å². The van der Waals surface area contributed by atoms with Crippen molar-refractivity contribution in [1.29, 1.82) is 0 Å². The molecule has 6 nitrogen and oxygen atoms in total. The zero-order chi connectivity index (χ0) is 17.7. The molecule has 0 unspecified atom stereocenters. The molecule has 1 aromatic heterocycles. The van der Waals surface area contributed by atoms with Gasteiger partial charge in [0.1, 0.15) is 18.1 Å². The third-order valence-corrected chi connectivity index (χ3v) is 4.25. The van der Waals surface area contributed by atoms with Gasteiger partial charge >= 0.3 is 0 Å². The topological polar surface area (TPSA) is 72.3 Å². The van der Waals surface area contributed by atoms with Crippen LogP contribution in [0.2, 0.25) is 0 Å². The van der Waals surface area contributed by atoms with Crippen LogP contribution in [0.3, 0.4) is 0 Å². The summed E-state index contributed by atoms with van der Waals surface area (Å²) in [6, 6.07) is 7.29. The van der Waals surface area contributed by atoms with E-state index in [1.807, 2.05) is 18.2 Å². The van der Waals surface area contributed by atoms with Crippen molar-refractivity contribution in [2.75, 3.05) is 19.3 Å². The smallest absolute Gasteiger partial charge is 0.243 e. The lowest BCUT2D eigenvalue weighted by molar-refractivity contribution is -0.130. The number of carbonyl (C=O) groups excluding carboxylic acids is 1. The molecule has 0 aliphatic heterocycles. The van der Waals surface area contributed by atoms with Crippen molar-refractivity contribution < 1.29 is 13.2 Å². The van der Waals surface area contributed by atoms with Crippen LogP contribution in [0.1, 0.15) is 5.82 Å². The summed E-state index contributed by atoms with van der Waals surface area (Å²) in [6.07, 6.45) is 4.44. The molecule has 0 atom stereocenters. The van der Waals surface area contributed by atoms with Crippen molar-refractivity contribution in [2.24, 2.45) is 0 Å². The fraction of sp³-hybridized carbons (Fsp3) is 0.294. The highest BCUT2D eigenvalue weighted by atomic mass is 32.2. The van der Waals surface area contributed by atoms with E-state index in [1.54, 1.807) is 27.7 Å². The summed E-state index contributed by atoms with van der Waals surface area (Å²) in [6.45, 7) is 8.13. The lowest BCUT2D eigenvalue weighted by Gasteiger charge is -2.20. The number of nitrogens with zero attached hydrogens (tertiary/aromatic N) is 3. The van der Waals surface area contributed by atoms with Gasteiger partial charge in [-0.15, -0.1) is 13.2 Å². The predicted octanol–water partition coefficient (Wildman–Crippen LogP) is 1.78. The molecule has 0 radical (unpaired) electrons. The number of imidazole rings is 1. The quantitative estimate of drug-likeness (QED) is 0.683. The molecule has 0 saturated heterocycles. The Bertz CT molecular complexity index is 858. The highest BCUT2D eigenvalue weighted by Gasteiger charge is 2.19. The van der Waals surface area contributed by atoms with E-state index >= 15 is 0 Å². The lowest BCUT2D eigenvalue weighted by Crippen LogP contribution is -2.34. The molecule has 0 spiro atoms. The monoisotopic (exact) mass is 347 g/mol. The average Bonchev–Trinajstić information content (AvgIpc) is 2.83. The minimum atomic E-state index is -3.26. The first kappa shape index (κ1) is 17.9. The van der Waals surface area contributed by atoms with Crippen molar-refractivity contribution in [3.05, 3.63) is 55.4 Å². The Morgan fingerprint density at radius 3 is 2.46 bits per heavy atom. The first-order valence-corrected chi connectivity index (χ1v) is 9.53. The summed E-state index contributed by atoms with van der Waals surface area (Å²) in [5.41, 5.74) is 1.41. The van der Waals surface area contributed by atoms with Crippen molar-refractivity contribution in [1.82, 2.24) is 14.5 Å². The third kappa shape index (κ3) is 4.32. The summed E-state index contributed by atoms with van der Waals surface area (Å²) in [5.74, 6) is 0.00892. The molecule has 24 heavy (non-hydrogen) atoms. The Kier molecular flexibility index (Phi) is 5.56. The van der Waals surface area contributed by atoms with Gasteiger partial charge in [-0.25, -0.2) is 13.4 Å². The van der Waals surface area contributed by atoms with Gasteiger partial charge in [-0.05, 0) is 12.1 Å². The van der Waals surface area contributed by atoms with E-state index in [2.05, 4.69) is 18.1 Å². The number of para-hydroxylation sites is 2. The van der Waals surface area contributed by atoms with Crippen LogP contribution in [0.4, 0.5) is 0 Å². The van der Waals surface area contributed by atoms with Crippen LogP contribution in [-0.2, 0) is 26.9 Å². The Morgan fingerprint density at radius 1 is 1.25 bits per heavy atom. The first-order chi connectivity index (χ1) is 11.4. The van der Waals surface area contributed by atoms with Gasteiger partial charge in [0.2, 0.25) is 5.91 Å². The molecular weight excluding hydrogens is 326 g/mol. The second-order valence-electron chi connectivity index (χ2n) is 5.55. The summed E-state index contributed by atoms with van der Waals surface area (Å²) in [5, 5.41) is 0. The number of hydrogen-bond donors (Lipinski definition) is 0. The number of carbonyl (C=O) groups is 1.